The molecule has 2 nitrogen and oxygen atoms in total. The largest absolute Gasteiger partial charge is 0.378 e. The summed E-state index contributed by atoms with van der Waals surface area (Å²) < 4.78 is 5.51. The van der Waals surface area contributed by atoms with E-state index in [4.69, 9.17) is 4.74 Å². The van der Waals surface area contributed by atoms with Gasteiger partial charge in [-0.2, -0.15) is 0 Å². The summed E-state index contributed by atoms with van der Waals surface area (Å²) in [4.78, 5) is 12.0. The van der Waals surface area contributed by atoms with Crippen molar-refractivity contribution in [3.8, 4) is 0 Å². The van der Waals surface area contributed by atoms with Crippen LogP contribution in [0.2, 0.25) is 0 Å². The number of hydrogen-bond donors (Lipinski definition) is 0. The van der Waals surface area contributed by atoms with Gasteiger partial charge in [0.25, 0.3) is 0 Å². The molecule has 0 heterocycles. The number of ketones is 1. The smallest absolute Gasteiger partial charge is 0.137 e. The lowest BCUT2D eigenvalue weighted by Crippen LogP contribution is -2.33. The van der Waals surface area contributed by atoms with E-state index in [0.717, 1.165) is 31.4 Å². The Morgan fingerprint density at radius 3 is 2.83 bits per heavy atom. The fourth-order valence-electron chi connectivity index (χ4n) is 2.66. The maximum absolute atomic E-state index is 12.0. The summed E-state index contributed by atoms with van der Waals surface area (Å²) in [7, 11) is 0. The van der Waals surface area contributed by atoms with E-state index in [-0.39, 0.29) is 0 Å². The minimum absolute atomic E-state index is 0.362. The molecule has 0 unspecified atom stereocenters. The second-order valence-electron chi connectivity index (χ2n) is 5.32. The molecule has 0 aliphatic heterocycles. The van der Waals surface area contributed by atoms with Gasteiger partial charge < -0.3 is 4.74 Å². The van der Waals surface area contributed by atoms with Crippen LogP contribution in [0.5, 0.6) is 0 Å². The zero-order chi connectivity index (χ0) is 13.0. The van der Waals surface area contributed by atoms with E-state index in [1.807, 2.05) is 19.1 Å². The Morgan fingerprint density at radius 2 is 2.17 bits per heavy atom. The Morgan fingerprint density at radius 1 is 1.39 bits per heavy atom. The molecule has 1 aliphatic carbocycles. The minimum atomic E-state index is 0.362. The van der Waals surface area contributed by atoms with E-state index in [2.05, 4.69) is 19.1 Å². The van der Waals surface area contributed by atoms with Crippen LogP contribution in [-0.4, -0.2) is 18.5 Å². The molecule has 1 aromatic carbocycles. The van der Waals surface area contributed by atoms with Gasteiger partial charge in [0, 0.05) is 19.4 Å². The van der Waals surface area contributed by atoms with E-state index in [1.165, 1.54) is 5.56 Å². The van der Waals surface area contributed by atoms with Crippen LogP contribution < -0.4 is 0 Å². The molecule has 2 heteroatoms. The van der Waals surface area contributed by atoms with Gasteiger partial charge in [-0.1, -0.05) is 29.8 Å². The van der Waals surface area contributed by atoms with Crippen molar-refractivity contribution in [2.24, 2.45) is 5.92 Å². The number of Topliss-reactive ketones (excluding diaryl/α,β-unsaturated/α-hetero) is 1. The first-order chi connectivity index (χ1) is 8.67. The molecule has 0 saturated heterocycles. The van der Waals surface area contributed by atoms with Crippen LogP contribution in [0.3, 0.4) is 0 Å². The van der Waals surface area contributed by atoms with E-state index < -0.39 is 0 Å². The molecule has 18 heavy (non-hydrogen) atoms. The fraction of sp³-hybridized carbons (Fsp3) is 0.562. The maximum Gasteiger partial charge on any atom is 0.137 e. The maximum atomic E-state index is 12.0. The molecule has 1 aliphatic rings. The minimum Gasteiger partial charge on any atom is -0.378 e. The van der Waals surface area contributed by atoms with E-state index in [1.54, 1.807) is 0 Å². The summed E-state index contributed by atoms with van der Waals surface area (Å²) in [6, 6.07) is 8.22. The van der Waals surface area contributed by atoms with Gasteiger partial charge in [0.15, 0.2) is 0 Å². The molecule has 0 N–H and O–H groups in total. The van der Waals surface area contributed by atoms with E-state index >= 15 is 0 Å². The number of carbonyl (C=O) groups is 1. The summed E-state index contributed by atoms with van der Waals surface area (Å²) in [6.07, 6.45) is 3.84. The second-order valence-corrected chi connectivity index (χ2v) is 5.32. The lowest BCUT2D eigenvalue weighted by Gasteiger charge is -2.34. The van der Waals surface area contributed by atoms with E-state index in [9.17, 15) is 4.79 Å². The topological polar surface area (TPSA) is 26.3 Å². The highest BCUT2D eigenvalue weighted by Gasteiger charge is 2.30. The van der Waals surface area contributed by atoms with Gasteiger partial charge in [-0.25, -0.2) is 0 Å². The number of hydrogen-bond acceptors (Lipinski definition) is 2. The number of carbonyl (C=O) groups excluding carboxylic acids is 1. The number of rotatable bonds is 6. The van der Waals surface area contributed by atoms with Gasteiger partial charge in [0.1, 0.15) is 5.78 Å². The monoisotopic (exact) mass is 246 g/mol. The molecule has 1 aromatic rings. The molecular formula is C16H22O2. The normalized spacial score (nSPS) is 22.6. The Bertz CT molecular complexity index is 405. The lowest BCUT2D eigenvalue weighted by atomic mass is 9.78. The highest BCUT2D eigenvalue weighted by atomic mass is 16.5. The first kappa shape index (κ1) is 13.3. The van der Waals surface area contributed by atoms with Gasteiger partial charge in [-0.3, -0.25) is 4.79 Å². The number of benzene rings is 1. The molecule has 0 atom stereocenters. The third-order valence-electron chi connectivity index (χ3n) is 3.59. The second kappa shape index (κ2) is 6.14. The summed E-state index contributed by atoms with van der Waals surface area (Å²) in [5, 5.41) is 0. The average Bonchev–Trinajstić information content (AvgIpc) is 2.26. The van der Waals surface area contributed by atoms with Crippen molar-refractivity contribution < 1.29 is 9.53 Å². The van der Waals surface area contributed by atoms with Crippen LogP contribution in [0, 0.1) is 12.8 Å². The van der Waals surface area contributed by atoms with Gasteiger partial charge in [-0.15, -0.1) is 0 Å². The molecular weight excluding hydrogens is 224 g/mol. The lowest BCUT2D eigenvalue weighted by molar-refractivity contribution is -0.121. The van der Waals surface area contributed by atoms with E-state index in [0.29, 0.717) is 24.2 Å². The van der Waals surface area contributed by atoms with Crippen LogP contribution in [0.25, 0.3) is 0 Å². The predicted octanol–water partition coefficient (Wildman–Crippen LogP) is 3.31. The van der Waals surface area contributed by atoms with Crippen LogP contribution >= 0.6 is 0 Å². The first-order valence-corrected chi connectivity index (χ1v) is 6.86. The molecule has 0 bridgehead atoms. The highest BCUT2D eigenvalue weighted by Crippen LogP contribution is 2.33. The molecule has 98 valence electrons. The van der Waals surface area contributed by atoms with Crippen LogP contribution in [-0.2, 0) is 16.0 Å². The van der Waals surface area contributed by atoms with Gasteiger partial charge in [0.05, 0.1) is 6.10 Å². The molecule has 2 rings (SSSR count). The van der Waals surface area contributed by atoms with Crippen molar-refractivity contribution in [1.82, 2.24) is 0 Å². The van der Waals surface area contributed by atoms with Crippen LogP contribution in [0.4, 0.5) is 0 Å². The summed E-state index contributed by atoms with van der Waals surface area (Å²) in [6.45, 7) is 4.87. The Kier molecular flexibility index (Phi) is 4.54. The molecule has 0 amide bonds. The summed E-state index contributed by atoms with van der Waals surface area (Å²) >= 11 is 0. The molecule has 1 fully saturated rings. The highest BCUT2D eigenvalue weighted by molar-refractivity contribution is 5.81. The number of aryl methyl sites for hydroxylation is 1. The van der Waals surface area contributed by atoms with Crippen molar-refractivity contribution in [3.63, 3.8) is 0 Å². The zero-order valence-electron chi connectivity index (χ0n) is 11.3. The Labute approximate surface area is 109 Å². The quantitative estimate of drug-likeness (QED) is 0.769. The van der Waals surface area contributed by atoms with Crippen LogP contribution in [0.1, 0.15) is 37.3 Å². The average molecular weight is 246 g/mol. The SMILES string of the molecule is CCOC1CC(CC(=O)Cc2cccc(C)c2)C1. The van der Waals surface area contributed by atoms with Crippen molar-refractivity contribution >= 4 is 5.78 Å². The van der Waals surface area contributed by atoms with Crippen molar-refractivity contribution in [2.45, 2.75) is 45.6 Å². The molecule has 0 spiro atoms. The van der Waals surface area contributed by atoms with Crippen LogP contribution in [0.15, 0.2) is 24.3 Å². The van der Waals surface area contributed by atoms with Gasteiger partial charge in [-0.05, 0) is 38.2 Å². The van der Waals surface area contributed by atoms with Crippen molar-refractivity contribution in [3.05, 3.63) is 35.4 Å². The fourth-order valence-corrected chi connectivity index (χ4v) is 2.66. The standard InChI is InChI=1S/C16H22O2/c1-3-18-16-10-14(11-16)9-15(17)8-13-6-4-5-12(2)7-13/h4-7,14,16H,3,8-11H2,1-2H3. The first-order valence-electron chi connectivity index (χ1n) is 6.86. The summed E-state index contributed by atoms with van der Waals surface area (Å²) in [5.41, 5.74) is 2.36. The molecule has 0 aromatic heterocycles. The van der Waals surface area contributed by atoms with Crippen molar-refractivity contribution in [2.75, 3.05) is 6.61 Å². The third kappa shape index (κ3) is 3.67. The predicted molar refractivity (Wildman–Crippen MR) is 72.6 cm³/mol. The van der Waals surface area contributed by atoms with Gasteiger partial charge in [0.2, 0.25) is 0 Å². The van der Waals surface area contributed by atoms with Crippen molar-refractivity contribution in [1.29, 1.82) is 0 Å². The number of ether oxygens (including phenoxy) is 1. The zero-order valence-corrected chi connectivity index (χ0v) is 11.3. The molecule has 1 saturated carbocycles. The Balaban J connectivity index is 1.73. The van der Waals surface area contributed by atoms with Gasteiger partial charge >= 0.3 is 0 Å². The summed E-state index contributed by atoms with van der Waals surface area (Å²) in [5.74, 6) is 0.916. The third-order valence-corrected chi connectivity index (χ3v) is 3.59. The molecule has 0 radical (unpaired) electrons. The Hall–Kier alpha value is -1.15.